The Bertz CT molecular complexity index is 312. The van der Waals surface area contributed by atoms with E-state index in [-0.39, 0.29) is 0 Å². The smallest absolute Gasteiger partial charge is 0.332 e. The van der Waals surface area contributed by atoms with Gasteiger partial charge in [-0.2, -0.15) is 0 Å². The Morgan fingerprint density at radius 2 is 1.12 bits per heavy atom. The Kier molecular flexibility index (Phi) is 18.8. The van der Waals surface area contributed by atoms with Crippen molar-refractivity contribution in [1.82, 2.24) is 0 Å². The number of hydrogen-bond donors (Lipinski definition) is 2. The number of aliphatic hydroxyl groups excluding tert-OH is 1. The summed E-state index contributed by atoms with van der Waals surface area (Å²) in [5.74, 6) is -1.10. The first-order valence-corrected chi connectivity index (χ1v) is 10.7. The van der Waals surface area contributed by atoms with Crippen LogP contribution in [-0.2, 0) is 4.79 Å². The monoisotopic (exact) mass is 354 g/mol. The molecule has 148 valence electrons. The third kappa shape index (κ3) is 19.3. The van der Waals surface area contributed by atoms with Gasteiger partial charge in [-0.15, -0.1) is 0 Å². The summed E-state index contributed by atoms with van der Waals surface area (Å²) in [6.07, 6.45) is 24.1. The van der Waals surface area contributed by atoms with Crippen LogP contribution in [-0.4, -0.2) is 22.3 Å². The summed E-state index contributed by atoms with van der Waals surface area (Å²) in [6.45, 7) is 2.26. The van der Waals surface area contributed by atoms with Crippen LogP contribution in [0.4, 0.5) is 0 Å². The first-order chi connectivity index (χ1) is 12.2. The van der Waals surface area contributed by atoms with Gasteiger partial charge in [0, 0.05) is 0 Å². The lowest BCUT2D eigenvalue weighted by Crippen LogP contribution is -2.18. The average molecular weight is 355 g/mol. The highest BCUT2D eigenvalue weighted by molar-refractivity contribution is 5.71. The minimum Gasteiger partial charge on any atom is -0.479 e. The highest BCUT2D eigenvalue weighted by atomic mass is 16.4. The summed E-state index contributed by atoms with van der Waals surface area (Å²) >= 11 is 0. The van der Waals surface area contributed by atoms with Crippen molar-refractivity contribution in [2.24, 2.45) is 0 Å². The topological polar surface area (TPSA) is 57.5 Å². The Morgan fingerprint density at radius 1 is 0.720 bits per heavy atom. The van der Waals surface area contributed by atoms with Crippen molar-refractivity contribution >= 4 is 5.97 Å². The number of carboxylic acids is 1. The zero-order chi connectivity index (χ0) is 18.6. The summed E-state index contributed by atoms with van der Waals surface area (Å²) in [7, 11) is 0. The van der Waals surface area contributed by atoms with Gasteiger partial charge in [0.05, 0.1) is 0 Å². The largest absolute Gasteiger partial charge is 0.479 e. The van der Waals surface area contributed by atoms with E-state index in [1.807, 2.05) is 0 Å². The second-order valence-corrected chi connectivity index (χ2v) is 7.29. The van der Waals surface area contributed by atoms with E-state index < -0.39 is 12.1 Å². The lowest BCUT2D eigenvalue weighted by atomic mass is 10.0. The molecule has 0 aromatic heterocycles. The summed E-state index contributed by atoms with van der Waals surface area (Å²) < 4.78 is 0. The molecule has 0 rings (SSSR count). The van der Waals surface area contributed by atoms with E-state index in [0.29, 0.717) is 6.42 Å². The van der Waals surface area contributed by atoms with E-state index in [4.69, 9.17) is 10.2 Å². The van der Waals surface area contributed by atoms with Crippen LogP contribution >= 0.6 is 0 Å². The van der Waals surface area contributed by atoms with E-state index in [1.54, 1.807) is 0 Å². The zero-order valence-electron chi connectivity index (χ0n) is 16.6. The second-order valence-electron chi connectivity index (χ2n) is 7.29. The first-order valence-electron chi connectivity index (χ1n) is 10.7. The standard InChI is InChI=1S/C22H42O3/c1-2-3-4-5-6-7-8-9-10-11-12-13-14-15-16-17-18-19-20-21(23)22(24)25/h9-10,21,23H,2-8,11-20H2,1H3,(H,24,25). The molecule has 0 radical (unpaired) electrons. The molecule has 0 aromatic rings. The number of allylic oxidation sites excluding steroid dienone is 2. The van der Waals surface area contributed by atoms with Crippen LogP contribution in [0, 0.1) is 0 Å². The Morgan fingerprint density at radius 3 is 1.56 bits per heavy atom. The Hall–Kier alpha value is -0.830. The zero-order valence-corrected chi connectivity index (χ0v) is 16.6. The fourth-order valence-corrected chi connectivity index (χ4v) is 3.06. The normalized spacial score (nSPS) is 12.7. The molecule has 2 N–H and O–H groups in total. The van der Waals surface area contributed by atoms with Crippen molar-refractivity contribution in [2.75, 3.05) is 0 Å². The molecule has 0 aliphatic carbocycles. The third-order valence-corrected chi connectivity index (χ3v) is 4.77. The Balaban J connectivity index is 3.13. The van der Waals surface area contributed by atoms with Gasteiger partial charge in [-0.25, -0.2) is 4.79 Å². The molecular weight excluding hydrogens is 312 g/mol. The first kappa shape index (κ1) is 24.2. The van der Waals surface area contributed by atoms with Crippen LogP contribution in [0.5, 0.6) is 0 Å². The number of aliphatic hydroxyl groups is 1. The van der Waals surface area contributed by atoms with Gasteiger partial charge in [0.1, 0.15) is 0 Å². The quantitative estimate of drug-likeness (QED) is 0.202. The predicted molar refractivity (Wildman–Crippen MR) is 107 cm³/mol. The lowest BCUT2D eigenvalue weighted by Gasteiger charge is -2.05. The molecule has 0 heterocycles. The van der Waals surface area contributed by atoms with Crippen molar-refractivity contribution in [2.45, 2.75) is 122 Å². The van der Waals surface area contributed by atoms with Gasteiger partial charge in [0.25, 0.3) is 0 Å². The van der Waals surface area contributed by atoms with E-state index >= 15 is 0 Å². The van der Waals surface area contributed by atoms with Gasteiger partial charge in [0.2, 0.25) is 0 Å². The predicted octanol–water partition coefficient (Wildman–Crippen LogP) is 6.64. The van der Waals surface area contributed by atoms with Gasteiger partial charge < -0.3 is 10.2 Å². The van der Waals surface area contributed by atoms with Crippen LogP contribution in [0.3, 0.4) is 0 Å². The molecule has 0 aliphatic rings. The van der Waals surface area contributed by atoms with Gasteiger partial charge in [-0.3, -0.25) is 0 Å². The molecule has 3 nitrogen and oxygen atoms in total. The summed E-state index contributed by atoms with van der Waals surface area (Å²) in [5.41, 5.74) is 0. The van der Waals surface area contributed by atoms with Crippen LogP contribution in [0.25, 0.3) is 0 Å². The molecule has 0 bridgehead atoms. The maximum atomic E-state index is 10.5. The van der Waals surface area contributed by atoms with Crippen LogP contribution < -0.4 is 0 Å². The fraction of sp³-hybridized carbons (Fsp3) is 0.864. The highest BCUT2D eigenvalue weighted by Gasteiger charge is 2.11. The number of aliphatic carboxylic acids is 1. The number of carbonyl (C=O) groups is 1. The molecule has 0 aromatic carbocycles. The number of hydrogen-bond acceptors (Lipinski definition) is 2. The molecule has 0 fully saturated rings. The minimum atomic E-state index is -1.17. The van der Waals surface area contributed by atoms with Crippen molar-refractivity contribution in [3.05, 3.63) is 12.2 Å². The summed E-state index contributed by atoms with van der Waals surface area (Å²) in [6, 6.07) is 0. The van der Waals surface area contributed by atoms with E-state index in [9.17, 15) is 4.79 Å². The van der Waals surface area contributed by atoms with Gasteiger partial charge in [0.15, 0.2) is 6.10 Å². The van der Waals surface area contributed by atoms with Crippen LogP contribution in [0.1, 0.15) is 116 Å². The van der Waals surface area contributed by atoms with Gasteiger partial charge in [-0.1, -0.05) is 96.1 Å². The molecule has 25 heavy (non-hydrogen) atoms. The molecular formula is C22H42O3. The maximum absolute atomic E-state index is 10.5. The highest BCUT2D eigenvalue weighted by Crippen LogP contribution is 2.12. The van der Waals surface area contributed by atoms with Crippen molar-refractivity contribution in [1.29, 1.82) is 0 Å². The van der Waals surface area contributed by atoms with Crippen molar-refractivity contribution < 1.29 is 15.0 Å². The third-order valence-electron chi connectivity index (χ3n) is 4.77. The molecule has 0 saturated carbocycles. The average Bonchev–Trinajstić information content (AvgIpc) is 2.60. The Labute approximate surface area is 155 Å². The van der Waals surface area contributed by atoms with E-state index in [2.05, 4.69) is 19.1 Å². The molecule has 1 atom stereocenters. The summed E-state index contributed by atoms with van der Waals surface area (Å²) in [5, 5.41) is 17.7. The van der Waals surface area contributed by atoms with Crippen molar-refractivity contribution in [3.8, 4) is 0 Å². The fourth-order valence-electron chi connectivity index (χ4n) is 3.06. The lowest BCUT2D eigenvalue weighted by molar-refractivity contribution is -0.146. The van der Waals surface area contributed by atoms with Crippen LogP contribution in [0.2, 0.25) is 0 Å². The van der Waals surface area contributed by atoms with E-state index in [1.165, 1.54) is 83.5 Å². The molecule has 0 spiro atoms. The number of unbranched alkanes of at least 4 members (excludes halogenated alkanes) is 14. The van der Waals surface area contributed by atoms with Crippen molar-refractivity contribution in [3.63, 3.8) is 0 Å². The second kappa shape index (κ2) is 19.5. The minimum absolute atomic E-state index is 0.389. The maximum Gasteiger partial charge on any atom is 0.332 e. The molecule has 1 unspecified atom stereocenters. The molecule has 0 aliphatic heterocycles. The summed E-state index contributed by atoms with van der Waals surface area (Å²) in [4.78, 5) is 10.5. The van der Waals surface area contributed by atoms with Crippen LogP contribution in [0.15, 0.2) is 12.2 Å². The number of rotatable bonds is 19. The molecule has 0 amide bonds. The molecule has 0 saturated heterocycles. The molecule has 3 heteroatoms. The number of carboxylic acid groups (broad SMARTS) is 1. The van der Waals surface area contributed by atoms with E-state index in [0.717, 1.165) is 19.3 Å². The van der Waals surface area contributed by atoms with Gasteiger partial charge >= 0.3 is 5.97 Å². The van der Waals surface area contributed by atoms with Gasteiger partial charge in [-0.05, 0) is 32.1 Å². The SMILES string of the molecule is CCCCCCCCC=CCCCCCCCCCCC(O)C(=O)O.